The first-order chi connectivity index (χ1) is 13.8. The number of furan rings is 1. The lowest BCUT2D eigenvalue weighted by molar-refractivity contribution is -0.123. The molecule has 0 saturated heterocycles. The van der Waals surface area contributed by atoms with Crippen LogP contribution in [0.3, 0.4) is 0 Å². The van der Waals surface area contributed by atoms with Crippen LogP contribution in [0.25, 0.3) is 0 Å². The molecule has 164 valence electrons. The van der Waals surface area contributed by atoms with Crippen molar-refractivity contribution in [3.05, 3.63) is 47.7 Å². The minimum atomic E-state index is -4.67. The van der Waals surface area contributed by atoms with Crippen LogP contribution in [0.15, 0.2) is 51.0 Å². The Morgan fingerprint density at radius 2 is 1.77 bits per heavy atom. The molecular formula is C21H27N2O6S-. The number of ether oxygens (including phenoxy) is 1. The van der Waals surface area contributed by atoms with Crippen LogP contribution in [-0.2, 0) is 20.3 Å². The van der Waals surface area contributed by atoms with Crippen LogP contribution in [0.1, 0.15) is 52.4 Å². The summed E-state index contributed by atoms with van der Waals surface area (Å²) in [4.78, 5) is 11.8. The van der Waals surface area contributed by atoms with Gasteiger partial charge in [-0.25, -0.2) is 13.8 Å². The summed E-state index contributed by atoms with van der Waals surface area (Å²) in [5, 5.41) is 2.92. The van der Waals surface area contributed by atoms with Crippen molar-refractivity contribution < 1.29 is 26.9 Å². The molecule has 0 aliphatic heterocycles. The van der Waals surface area contributed by atoms with E-state index in [1.807, 2.05) is 24.3 Å². The lowest BCUT2D eigenvalue weighted by atomic mass is 9.72. The second kappa shape index (κ2) is 9.01. The van der Waals surface area contributed by atoms with Gasteiger partial charge in [0.15, 0.2) is 16.7 Å². The molecule has 0 aliphatic carbocycles. The lowest BCUT2D eigenvalue weighted by Crippen LogP contribution is -2.25. The molecule has 1 N–H and O–H groups in total. The molecule has 0 bridgehead atoms. The molecule has 9 heteroatoms. The highest BCUT2D eigenvalue weighted by atomic mass is 32.2. The van der Waals surface area contributed by atoms with E-state index in [9.17, 15) is 17.8 Å². The highest BCUT2D eigenvalue weighted by molar-refractivity contribution is 7.85. The number of carbonyl (C=O) groups excluding carboxylic acids is 1. The summed E-state index contributed by atoms with van der Waals surface area (Å²) in [5.74, 6) is 0.0616. The Balaban J connectivity index is 1.85. The number of rotatable bonds is 8. The predicted octanol–water partition coefficient (Wildman–Crippen LogP) is 3.43. The third-order valence-electron chi connectivity index (χ3n) is 4.21. The summed E-state index contributed by atoms with van der Waals surface area (Å²) in [6.45, 7) is 10.8. The van der Waals surface area contributed by atoms with E-state index in [2.05, 4.69) is 45.1 Å². The van der Waals surface area contributed by atoms with Crippen LogP contribution in [0.4, 0.5) is 0 Å². The van der Waals surface area contributed by atoms with Crippen molar-refractivity contribution in [2.45, 2.75) is 51.5 Å². The standard InChI is InChI=1S/C21H28N2O6S/c1-20(2,3)14-21(4,5)15-6-8-16(9-7-15)28-13-18(24)23-22-12-17-10-11-19(29-17)30(25,26)27/h6-12H,13-14H2,1-5H3,(H,23,24)(H,25,26,27)/p-1. The Morgan fingerprint density at radius 3 is 2.30 bits per heavy atom. The number of benzene rings is 1. The Morgan fingerprint density at radius 1 is 1.13 bits per heavy atom. The van der Waals surface area contributed by atoms with Crippen LogP contribution < -0.4 is 10.2 Å². The van der Waals surface area contributed by atoms with E-state index >= 15 is 0 Å². The zero-order chi connectivity index (χ0) is 22.6. The van der Waals surface area contributed by atoms with Crippen molar-refractivity contribution in [3.63, 3.8) is 0 Å². The molecule has 1 heterocycles. The Bertz CT molecular complexity index is 999. The van der Waals surface area contributed by atoms with Crippen molar-refractivity contribution in [1.82, 2.24) is 5.43 Å². The van der Waals surface area contributed by atoms with Crippen LogP contribution >= 0.6 is 0 Å². The van der Waals surface area contributed by atoms with Gasteiger partial charge in [-0.05, 0) is 47.1 Å². The molecule has 0 aliphatic rings. The van der Waals surface area contributed by atoms with Gasteiger partial charge in [0.25, 0.3) is 5.91 Å². The smallest absolute Gasteiger partial charge is 0.277 e. The molecule has 0 spiro atoms. The van der Waals surface area contributed by atoms with E-state index < -0.39 is 21.1 Å². The van der Waals surface area contributed by atoms with Gasteiger partial charge in [-0.3, -0.25) is 4.79 Å². The largest absolute Gasteiger partial charge is 0.742 e. The molecule has 0 fully saturated rings. The van der Waals surface area contributed by atoms with E-state index in [0.29, 0.717) is 5.75 Å². The van der Waals surface area contributed by atoms with Crippen LogP contribution in [-0.4, -0.2) is 31.7 Å². The number of hydrogen-bond donors (Lipinski definition) is 1. The van der Waals surface area contributed by atoms with E-state index in [0.717, 1.165) is 18.7 Å². The fourth-order valence-corrected chi connectivity index (χ4v) is 3.75. The minimum absolute atomic E-state index is 0.0131. The van der Waals surface area contributed by atoms with Crippen molar-refractivity contribution >= 4 is 22.2 Å². The molecule has 0 unspecified atom stereocenters. The number of nitrogens with one attached hydrogen (secondary N) is 1. The molecule has 0 saturated carbocycles. The van der Waals surface area contributed by atoms with Crippen molar-refractivity contribution in [2.75, 3.05) is 6.61 Å². The zero-order valence-corrected chi connectivity index (χ0v) is 18.6. The summed E-state index contributed by atoms with van der Waals surface area (Å²) in [5.41, 5.74) is 3.64. The number of carbonyl (C=O) groups is 1. The molecular weight excluding hydrogens is 408 g/mol. The van der Waals surface area contributed by atoms with Gasteiger partial charge in [-0.1, -0.05) is 46.8 Å². The van der Waals surface area contributed by atoms with Gasteiger partial charge in [0.05, 0.1) is 6.21 Å². The fourth-order valence-electron chi connectivity index (χ4n) is 3.32. The van der Waals surface area contributed by atoms with E-state index in [-0.39, 0.29) is 23.2 Å². The third-order valence-corrected chi connectivity index (χ3v) is 4.92. The van der Waals surface area contributed by atoms with E-state index in [1.165, 1.54) is 11.6 Å². The molecule has 30 heavy (non-hydrogen) atoms. The van der Waals surface area contributed by atoms with Crippen LogP contribution in [0, 0.1) is 5.41 Å². The quantitative estimate of drug-likeness (QED) is 0.385. The molecule has 0 atom stereocenters. The number of nitrogens with zero attached hydrogens (tertiary/aromatic N) is 1. The van der Waals surface area contributed by atoms with Crippen LogP contribution in [0.5, 0.6) is 5.75 Å². The second-order valence-electron chi connectivity index (χ2n) is 8.84. The molecule has 8 nitrogen and oxygen atoms in total. The normalized spacial score (nSPS) is 12.9. The summed E-state index contributed by atoms with van der Waals surface area (Å²) in [6, 6.07) is 9.90. The average molecular weight is 436 g/mol. The third kappa shape index (κ3) is 7.31. The van der Waals surface area contributed by atoms with Gasteiger partial charge in [0.1, 0.15) is 11.5 Å². The van der Waals surface area contributed by atoms with Gasteiger partial charge in [-0.15, -0.1) is 0 Å². The van der Waals surface area contributed by atoms with Crippen molar-refractivity contribution in [1.29, 1.82) is 0 Å². The zero-order valence-electron chi connectivity index (χ0n) is 17.8. The first-order valence-electron chi connectivity index (χ1n) is 9.37. The van der Waals surface area contributed by atoms with Crippen molar-refractivity contribution in [3.8, 4) is 5.75 Å². The first-order valence-corrected chi connectivity index (χ1v) is 10.8. The van der Waals surface area contributed by atoms with Gasteiger partial charge in [0, 0.05) is 0 Å². The summed E-state index contributed by atoms with van der Waals surface area (Å²) >= 11 is 0. The molecule has 1 aromatic carbocycles. The highest BCUT2D eigenvalue weighted by Gasteiger charge is 2.27. The van der Waals surface area contributed by atoms with E-state index in [1.54, 1.807) is 0 Å². The molecule has 1 aromatic heterocycles. The number of hydrogen-bond acceptors (Lipinski definition) is 7. The Kier molecular flexibility index (Phi) is 7.10. The van der Waals surface area contributed by atoms with Gasteiger partial charge in [-0.2, -0.15) is 5.10 Å². The average Bonchev–Trinajstić information content (AvgIpc) is 3.07. The Labute approximate surface area is 177 Å². The minimum Gasteiger partial charge on any atom is -0.742 e. The molecule has 0 radical (unpaired) electrons. The fraction of sp³-hybridized carbons (Fsp3) is 0.429. The monoisotopic (exact) mass is 435 g/mol. The number of hydrazone groups is 1. The molecule has 2 aromatic rings. The maximum absolute atomic E-state index is 11.8. The van der Waals surface area contributed by atoms with Gasteiger partial charge >= 0.3 is 0 Å². The SMILES string of the molecule is CC(C)(C)CC(C)(C)c1ccc(OCC(=O)NN=Cc2ccc(S(=O)(=O)[O-])o2)cc1. The Hall–Kier alpha value is -2.65. The number of amides is 1. The molecule has 1 amide bonds. The first kappa shape index (κ1) is 23.6. The van der Waals surface area contributed by atoms with Gasteiger partial charge < -0.3 is 13.7 Å². The van der Waals surface area contributed by atoms with Crippen LogP contribution in [0.2, 0.25) is 0 Å². The molecule has 2 rings (SSSR count). The summed E-state index contributed by atoms with van der Waals surface area (Å²) < 4.78 is 42.7. The van der Waals surface area contributed by atoms with E-state index in [4.69, 9.17) is 9.15 Å². The van der Waals surface area contributed by atoms with Crippen molar-refractivity contribution in [2.24, 2.45) is 10.5 Å². The predicted molar refractivity (Wildman–Crippen MR) is 111 cm³/mol. The summed E-state index contributed by atoms with van der Waals surface area (Å²) in [6.07, 6.45) is 2.11. The van der Waals surface area contributed by atoms with Gasteiger partial charge in [0.2, 0.25) is 5.09 Å². The summed E-state index contributed by atoms with van der Waals surface area (Å²) in [7, 11) is -4.67. The highest BCUT2D eigenvalue weighted by Crippen LogP contribution is 2.36. The topological polar surface area (TPSA) is 121 Å². The second-order valence-corrected chi connectivity index (χ2v) is 10.1. The maximum atomic E-state index is 11.8. The lowest BCUT2D eigenvalue weighted by Gasteiger charge is -2.33. The maximum Gasteiger partial charge on any atom is 0.277 e.